The molecule has 2 N–H and O–H groups in total. The van der Waals surface area contributed by atoms with Crippen molar-refractivity contribution in [1.29, 1.82) is 0 Å². The molecule has 1 aliphatic heterocycles. The molecule has 4 heteroatoms. The number of hydrogen-bond donors (Lipinski definition) is 2. The Bertz CT molecular complexity index is 365. The lowest BCUT2D eigenvalue weighted by Gasteiger charge is -2.26. The highest BCUT2D eigenvalue weighted by Gasteiger charge is 2.24. The minimum absolute atomic E-state index is 0.267. The molecule has 1 saturated heterocycles. The van der Waals surface area contributed by atoms with Crippen molar-refractivity contribution in [2.24, 2.45) is 0 Å². The minimum Gasteiger partial charge on any atom is -0.396 e. The molecule has 1 aromatic rings. The summed E-state index contributed by atoms with van der Waals surface area (Å²) in [5.41, 5.74) is 1.84. The number of aliphatic hydroxyl groups excluding tert-OH is 2. The van der Waals surface area contributed by atoms with Crippen molar-refractivity contribution in [2.75, 3.05) is 18.1 Å². The Balaban J connectivity index is 2.05. The Kier molecular flexibility index (Phi) is 4.55. The lowest BCUT2D eigenvalue weighted by atomic mass is 10.1. The number of aliphatic hydroxyl groups is 2. The number of pyridine rings is 1. The van der Waals surface area contributed by atoms with E-state index in [1.165, 1.54) is 12.8 Å². The number of anilines is 1. The van der Waals surface area contributed by atoms with Gasteiger partial charge in [-0.25, -0.2) is 0 Å². The predicted molar refractivity (Wildman–Crippen MR) is 71.6 cm³/mol. The van der Waals surface area contributed by atoms with E-state index in [-0.39, 0.29) is 6.61 Å². The molecule has 0 saturated carbocycles. The second kappa shape index (κ2) is 6.16. The van der Waals surface area contributed by atoms with Crippen LogP contribution in [0.5, 0.6) is 0 Å². The van der Waals surface area contributed by atoms with Gasteiger partial charge in [0.25, 0.3) is 0 Å². The summed E-state index contributed by atoms with van der Waals surface area (Å²) < 4.78 is 0. The lowest BCUT2D eigenvalue weighted by Crippen LogP contribution is -2.29. The molecule has 100 valence electrons. The van der Waals surface area contributed by atoms with Crippen LogP contribution in [0.2, 0.25) is 0 Å². The summed E-state index contributed by atoms with van der Waals surface area (Å²) in [5, 5.41) is 18.4. The van der Waals surface area contributed by atoms with E-state index in [0.717, 1.165) is 25.1 Å². The zero-order chi connectivity index (χ0) is 13.0. The number of hydrogen-bond acceptors (Lipinski definition) is 4. The molecule has 1 aliphatic rings. The normalized spacial score (nSPS) is 21.3. The molecule has 4 nitrogen and oxygen atoms in total. The molecule has 18 heavy (non-hydrogen) atoms. The van der Waals surface area contributed by atoms with Crippen LogP contribution >= 0.6 is 0 Å². The first-order chi connectivity index (χ1) is 8.72. The van der Waals surface area contributed by atoms with E-state index in [9.17, 15) is 5.11 Å². The summed E-state index contributed by atoms with van der Waals surface area (Å²) in [5.74, 6) is 0. The number of aromatic nitrogens is 1. The molecule has 0 bridgehead atoms. The molecule has 2 rings (SSSR count). The SMILES string of the molecule is CC(O)c1ccc(N2CCCC2CCCO)cn1. The molecule has 0 aliphatic carbocycles. The topological polar surface area (TPSA) is 56.6 Å². The van der Waals surface area contributed by atoms with Crippen LogP contribution in [0, 0.1) is 0 Å². The standard InChI is InChI=1S/C14H22N2O2/c1-11(18)14-7-6-13(10-15-14)16-8-2-4-12(16)5-3-9-17/h6-7,10-12,17-18H,2-5,8-9H2,1H3. The van der Waals surface area contributed by atoms with Crippen molar-refractivity contribution in [3.63, 3.8) is 0 Å². The van der Waals surface area contributed by atoms with Gasteiger partial charge in [0.15, 0.2) is 0 Å². The van der Waals surface area contributed by atoms with Gasteiger partial charge in [-0.3, -0.25) is 4.98 Å². The monoisotopic (exact) mass is 250 g/mol. The number of rotatable bonds is 5. The van der Waals surface area contributed by atoms with Gasteiger partial charge in [-0.05, 0) is 44.7 Å². The van der Waals surface area contributed by atoms with E-state index in [1.54, 1.807) is 6.92 Å². The van der Waals surface area contributed by atoms with Gasteiger partial charge in [0, 0.05) is 19.2 Å². The Hall–Kier alpha value is -1.13. The van der Waals surface area contributed by atoms with Crippen molar-refractivity contribution < 1.29 is 10.2 Å². The van der Waals surface area contributed by atoms with Crippen LogP contribution in [-0.2, 0) is 0 Å². The summed E-state index contributed by atoms with van der Waals surface area (Å²) in [7, 11) is 0. The van der Waals surface area contributed by atoms with Gasteiger partial charge in [-0.1, -0.05) is 0 Å². The molecule has 0 spiro atoms. The van der Waals surface area contributed by atoms with Crippen LogP contribution in [-0.4, -0.2) is 34.4 Å². The Labute approximate surface area is 108 Å². The zero-order valence-electron chi connectivity index (χ0n) is 10.9. The van der Waals surface area contributed by atoms with Crippen LogP contribution in [0.1, 0.15) is 44.4 Å². The van der Waals surface area contributed by atoms with Crippen molar-refractivity contribution in [3.05, 3.63) is 24.0 Å². The van der Waals surface area contributed by atoms with Crippen LogP contribution in [0.4, 0.5) is 5.69 Å². The fourth-order valence-corrected chi connectivity index (χ4v) is 2.62. The molecule has 2 atom stereocenters. The quantitative estimate of drug-likeness (QED) is 0.837. The highest BCUT2D eigenvalue weighted by Crippen LogP contribution is 2.28. The highest BCUT2D eigenvalue weighted by molar-refractivity contribution is 5.46. The van der Waals surface area contributed by atoms with E-state index in [4.69, 9.17) is 5.11 Å². The predicted octanol–water partition coefficient (Wildman–Crippen LogP) is 1.88. The molecule has 1 fully saturated rings. The van der Waals surface area contributed by atoms with Gasteiger partial charge in [0.05, 0.1) is 23.7 Å². The fourth-order valence-electron chi connectivity index (χ4n) is 2.62. The third-order valence-corrected chi connectivity index (χ3v) is 3.60. The van der Waals surface area contributed by atoms with Gasteiger partial charge in [-0.15, -0.1) is 0 Å². The summed E-state index contributed by atoms with van der Waals surface area (Å²) in [6.07, 6.45) is 5.63. The van der Waals surface area contributed by atoms with Crippen LogP contribution in [0.25, 0.3) is 0 Å². The maximum absolute atomic E-state index is 9.44. The van der Waals surface area contributed by atoms with E-state index in [0.29, 0.717) is 11.7 Å². The highest BCUT2D eigenvalue weighted by atomic mass is 16.3. The molecular formula is C14H22N2O2. The first-order valence-corrected chi connectivity index (χ1v) is 6.74. The molecule has 1 aromatic heterocycles. The number of nitrogens with zero attached hydrogens (tertiary/aromatic N) is 2. The first kappa shape index (κ1) is 13.3. The zero-order valence-corrected chi connectivity index (χ0v) is 10.9. The van der Waals surface area contributed by atoms with E-state index < -0.39 is 6.10 Å². The van der Waals surface area contributed by atoms with Gasteiger partial charge >= 0.3 is 0 Å². The third-order valence-electron chi connectivity index (χ3n) is 3.60. The van der Waals surface area contributed by atoms with Gasteiger partial charge in [-0.2, -0.15) is 0 Å². The van der Waals surface area contributed by atoms with Crippen molar-refractivity contribution >= 4 is 5.69 Å². The van der Waals surface area contributed by atoms with Crippen molar-refractivity contribution in [1.82, 2.24) is 4.98 Å². The van der Waals surface area contributed by atoms with Crippen molar-refractivity contribution in [2.45, 2.75) is 44.8 Å². The molecule has 2 unspecified atom stereocenters. The Morgan fingerprint density at radius 2 is 2.33 bits per heavy atom. The second-order valence-corrected chi connectivity index (χ2v) is 4.97. The van der Waals surface area contributed by atoms with E-state index in [2.05, 4.69) is 9.88 Å². The fraction of sp³-hybridized carbons (Fsp3) is 0.643. The first-order valence-electron chi connectivity index (χ1n) is 6.74. The van der Waals surface area contributed by atoms with E-state index in [1.807, 2.05) is 18.3 Å². The minimum atomic E-state index is -0.511. The Morgan fingerprint density at radius 3 is 2.94 bits per heavy atom. The molecule has 0 amide bonds. The Morgan fingerprint density at radius 1 is 1.50 bits per heavy atom. The lowest BCUT2D eigenvalue weighted by molar-refractivity contribution is 0.194. The summed E-state index contributed by atoms with van der Waals surface area (Å²) in [6, 6.07) is 4.45. The van der Waals surface area contributed by atoms with Gasteiger partial charge in [0.1, 0.15) is 0 Å². The molecular weight excluding hydrogens is 228 g/mol. The summed E-state index contributed by atoms with van der Waals surface area (Å²) in [6.45, 7) is 3.05. The van der Waals surface area contributed by atoms with Gasteiger partial charge in [0.2, 0.25) is 0 Å². The average molecular weight is 250 g/mol. The van der Waals surface area contributed by atoms with Crippen LogP contribution < -0.4 is 4.90 Å². The third kappa shape index (κ3) is 3.00. The molecule has 0 radical (unpaired) electrons. The molecule has 0 aromatic carbocycles. The summed E-state index contributed by atoms with van der Waals surface area (Å²) >= 11 is 0. The average Bonchev–Trinajstić information content (AvgIpc) is 2.84. The maximum Gasteiger partial charge on any atom is 0.0931 e. The maximum atomic E-state index is 9.44. The van der Waals surface area contributed by atoms with E-state index >= 15 is 0 Å². The van der Waals surface area contributed by atoms with Crippen LogP contribution in [0.3, 0.4) is 0 Å². The second-order valence-electron chi connectivity index (χ2n) is 4.97. The van der Waals surface area contributed by atoms with Crippen LogP contribution in [0.15, 0.2) is 18.3 Å². The summed E-state index contributed by atoms with van der Waals surface area (Å²) in [4.78, 5) is 6.67. The molecule has 2 heterocycles. The van der Waals surface area contributed by atoms with Gasteiger partial charge < -0.3 is 15.1 Å². The van der Waals surface area contributed by atoms with Crippen molar-refractivity contribution in [3.8, 4) is 0 Å². The smallest absolute Gasteiger partial charge is 0.0931 e. The largest absolute Gasteiger partial charge is 0.396 e.